The molecule has 110 valence electrons. The van der Waals surface area contributed by atoms with Crippen LogP contribution in [0.1, 0.15) is 40.0 Å². The number of carbonyl (C=O) groups is 1. The van der Waals surface area contributed by atoms with Gasteiger partial charge in [-0.05, 0) is 50.1 Å². The van der Waals surface area contributed by atoms with Gasteiger partial charge in [0, 0.05) is 18.3 Å². The van der Waals surface area contributed by atoms with Crippen LogP contribution in [0.25, 0.3) is 0 Å². The first-order chi connectivity index (χ1) is 9.88. The van der Waals surface area contributed by atoms with E-state index in [4.69, 9.17) is 5.73 Å². The summed E-state index contributed by atoms with van der Waals surface area (Å²) in [7, 11) is 1.82. The second kappa shape index (κ2) is 6.00. The lowest BCUT2D eigenvalue weighted by Gasteiger charge is -2.26. The summed E-state index contributed by atoms with van der Waals surface area (Å²) in [4.78, 5) is 14.4. The molecule has 3 heteroatoms. The van der Waals surface area contributed by atoms with Crippen molar-refractivity contribution in [3.05, 3.63) is 64.7 Å². The van der Waals surface area contributed by atoms with Gasteiger partial charge < -0.3 is 10.6 Å². The highest BCUT2D eigenvalue weighted by Gasteiger charge is 2.19. The molecule has 0 saturated heterocycles. The fourth-order valence-corrected chi connectivity index (χ4v) is 2.38. The van der Waals surface area contributed by atoms with Crippen molar-refractivity contribution in [1.29, 1.82) is 0 Å². The summed E-state index contributed by atoms with van der Waals surface area (Å²) in [5.74, 6) is -0.0153. The second-order valence-electron chi connectivity index (χ2n) is 5.64. The van der Waals surface area contributed by atoms with Gasteiger partial charge in [-0.25, -0.2) is 0 Å². The van der Waals surface area contributed by atoms with Gasteiger partial charge in [0.1, 0.15) is 0 Å². The number of anilines is 1. The van der Waals surface area contributed by atoms with E-state index in [-0.39, 0.29) is 11.9 Å². The molecule has 1 atom stereocenters. The molecule has 2 aromatic rings. The van der Waals surface area contributed by atoms with Gasteiger partial charge >= 0.3 is 0 Å². The Hall–Kier alpha value is -2.29. The maximum absolute atomic E-state index is 12.6. The van der Waals surface area contributed by atoms with Crippen LogP contribution >= 0.6 is 0 Å². The van der Waals surface area contributed by atoms with Crippen LogP contribution in [0.5, 0.6) is 0 Å². The number of aryl methyl sites for hydroxylation is 2. The number of amides is 1. The molecule has 0 aliphatic carbocycles. The molecule has 0 aromatic heterocycles. The maximum atomic E-state index is 12.6. The summed E-state index contributed by atoms with van der Waals surface area (Å²) < 4.78 is 0. The summed E-state index contributed by atoms with van der Waals surface area (Å²) in [6.45, 7) is 6.02. The van der Waals surface area contributed by atoms with Crippen molar-refractivity contribution in [2.24, 2.45) is 0 Å². The Bertz CT molecular complexity index is 627. The van der Waals surface area contributed by atoms with Crippen LogP contribution in [-0.4, -0.2) is 17.9 Å². The summed E-state index contributed by atoms with van der Waals surface area (Å²) in [6.07, 6.45) is 0. The van der Waals surface area contributed by atoms with Crippen molar-refractivity contribution in [2.45, 2.75) is 26.8 Å². The van der Waals surface area contributed by atoms with Crippen molar-refractivity contribution in [3.63, 3.8) is 0 Å². The fourth-order valence-electron chi connectivity index (χ4n) is 2.38. The van der Waals surface area contributed by atoms with Gasteiger partial charge in [0.2, 0.25) is 0 Å². The maximum Gasteiger partial charge on any atom is 0.254 e. The Morgan fingerprint density at radius 1 is 1.05 bits per heavy atom. The van der Waals surface area contributed by atoms with E-state index in [9.17, 15) is 4.79 Å². The minimum absolute atomic E-state index is 0.0137. The third kappa shape index (κ3) is 3.43. The monoisotopic (exact) mass is 282 g/mol. The average molecular weight is 282 g/mol. The zero-order chi connectivity index (χ0) is 15.6. The molecule has 2 rings (SSSR count). The SMILES string of the molecule is Cc1ccc(C(C)N(C)C(=O)c2cc(C)cc(N)c2)cc1. The van der Waals surface area contributed by atoms with Gasteiger partial charge in [0.05, 0.1) is 6.04 Å². The largest absolute Gasteiger partial charge is 0.399 e. The topological polar surface area (TPSA) is 46.3 Å². The van der Waals surface area contributed by atoms with Gasteiger partial charge in [-0.15, -0.1) is 0 Å². The van der Waals surface area contributed by atoms with Crippen LogP contribution in [0.3, 0.4) is 0 Å². The smallest absolute Gasteiger partial charge is 0.254 e. The van der Waals surface area contributed by atoms with E-state index in [0.717, 1.165) is 11.1 Å². The minimum atomic E-state index is -0.0153. The Kier molecular flexibility index (Phi) is 4.32. The summed E-state index contributed by atoms with van der Waals surface area (Å²) in [5.41, 5.74) is 10.4. The lowest BCUT2D eigenvalue weighted by Crippen LogP contribution is -2.29. The van der Waals surface area contributed by atoms with Gasteiger partial charge in [-0.1, -0.05) is 29.8 Å². The number of carbonyl (C=O) groups excluding carboxylic acids is 1. The number of rotatable bonds is 3. The van der Waals surface area contributed by atoms with Crippen molar-refractivity contribution >= 4 is 11.6 Å². The first-order valence-electron chi connectivity index (χ1n) is 7.09. The number of nitrogens with zero attached hydrogens (tertiary/aromatic N) is 1. The number of nitrogen functional groups attached to an aromatic ring is 1. The van der Waals surface area contributed by atoms with E-state index in [2.05, 4.69) is 31.2 Å². The number of benzene rings is 2. The van der Waals surface area contributed by atoms with Gasteiger partial charge in [-0.2, -0.15) is 0 Å². The van der Waals surface area contributed by atoms with E-state index in [1.54, 1.807) is 11.0 Å². The molecule has 0 aliphatic heterocycles. The molecule has 3 nitrogen and oxygen atoms in total. The van der Waals surface area contributed by atoms with Crippen molar-refractivity contribution in [1.82, 2.24) is 4.90 Å². The predicted molar refractivity (Wildman–Crippen MR) is 87.3 cm³/mol. The van der Waals surface area contributed by atoms with Gasteiger partial charge in [-0.3, -0.25) is 4.79 Å². The molecule has 0 radical (unpaired) electrons. The van der Waals surface area contributed by atoms with E-state index < -0.39 is 0 Å². The van der Waals surface area contributed by atoms with E-state index in [1.807, 2.05) is 33.0 Å². The standard InChI is InChI=1S/C18H22N2O/c1-12-5-7-15(8-6-12)14(3)20(4)18(21)16-9-13(2)10-17(19)11-16/h5-11,14H,19H2,1-4H3. The predicted octanol–water partition coefficient (Wildman–Crippen LogP) is 3.72. The Morgan fingerprint density at radius 2 is 1.67 bits per heavy atom. The molecular weight excluding hydrogens is 260 g/mol. The number of hydrogen-bond acceptors (Lipinski definition) is 2. The molecule has 1 amide bonds. The van der Waals surface area contributed by atoms with Gasteiger partial charge in [0.15, 0.2) is 0 Å². The number of hydrogen-bond donors (Lipinski definition) is 1. The van der Waals surface area contributed by atoms with Crippen LogP contribution in [0.15, 0.2) is 42.5 Å². The summed E-state index contributed by atoms with van der Waals surface area (Å²) >= 11 is 0. The van der Waals surface area contributed by atoms with E-state index in [0.29, 0.717) is 11.3 Å². The highest BCUT2D eigenvalue weighted by atomic mass is 16.2. The highest BCUT2D eigenvalue weighted by Crippen LogP contribution is 2.22. The van der Waals surface area contributed by atoms with Crippen LogP contribution in [0.4, 0.5) is 5.69 Å². The van der Waals surface area contributed by atoms with Crippen LogP contribution in [0, 0.1) is 13.8 Å². The summed E-state index contributed by atoms with van der Waals surface area (Å²) in [5, 5.41) is 0. The van der Waals surface area contributed by atoms with Crippen LogP contribution in [0.2, 0.25) is 0 Å². The third-order valence-electron chi connectivity index (χ3n) is 3.81. The van der Waals surface area contributed by atoms with Crippen molar-refractivity contribution in [3.8, 4) is 0 Å². The van der Waals surface area contributed by atoms with Crippen LogP contribution in [-0.2, 0) is 0 Å². The third-order valence-corrected chi connectivity index (χ3v) is 3.81. The van der Waals surface area contributed by atoms with Crippen LogP contribution < -0.4 is 5.73 Å². The van der Waals surface area contributed by atoms with Crippen molar-refractivity contribution < 1.29 is 4.79 Å². The minimum Gasteiger partial charge on any atom is -0.399 e. The first kappa shape index (κ1) is 15.1. The number of nitrogens with two attached hydrogens (primary N) is 1. The second-order valence-corrected chi connectivity index (χ2v) is 5.64. The molecule has 0 bridgehead atoms. The molecule has 0 heterocycles. The highest BCUT2D eigenvalue weighted by molar-refractivity contribution is 5.95. The summed E-state index contributed by atoms with van der Waals surface area (Å²) in [6, 6.07) is 13.7. The van der Waals surface area contributed by atoms with Gasteiger partial charge in [0.25, 0.3) is 5.91 Å². The lowest BCUT2D eigenvalue weighted by atomic mass is 10.0. The molecule has 0 spiro atoms. The Balaban J connectivity index is 2.23. The molecule has 0 aliphatic rings. The molecule has 1 unspecified atom stereocenters. The quantitative estimate of drug-likeness (QED) is 0.872. The first-order valence-corrected chi connectivity index (χ1v) is 7.09. The van der Waals surface area contributed by atoms with E-state index >= 15 is 0 Å². The van der Waals surface area contributed by atoms with E-state index in [1.165, 1.54) is 5.56 Å². The molecule has 21 heavy (non-hydrogen) atoms. The molecule has 2 N–H and O–H groups in total. The molecule has 0 fully saturated rings. The molecule has 2 aromatic carbocycles. The lowest BCUT2D eigenvalue weighted by molar-refractivity contribution is 0.0742. The Labute approximate surface area is 126 Å². The Morgan fingerprint density at radius 3 is 2.24 bits per heavy atom. The zero-order valence-electron chi connectivity index (χ0n) is 13.1. The molecular formula is C18H22N2O. The normalized spacial score (nSPS) is 12.0. The fraction of sp³-hybridized carbons (Fsp3) is 0.278. The average Bonchev–Trinajstić information content (AvgIpc) is 2.44. The van der Waals surface area contributed by atoms with Crippen molar-refractivity contribution in [2.75, 3.05) is 12.8 Å². The molecule has 0 saturated carbocycles. The zero-order valence-corrected chi connectivity index (χ0v) is 13.1.